The Balaban J connectivity index is 1.82. The number of nitrogens with one attached hydrogen (secondary N) is 1. The molecule has 1 aromatic heterocycles. The molecule has 0 saturated heterocycles. The van der Waals surface area contributed by atoms with Crippen molar-refractivity contribution in [2.45, 2.75) is 13.1 Å². The van der Waals surface area contributed by atoms with Crippen molar-refractivity contribution in [3.8, 4) is 17.2 Å². The highest BCUT2D eigenvalue weighted by Crippen LogP contribution is 2.40. The monoisotopic (exact) mass is 474 g/mol. The summed E-state index contributed by atoms with van der Waals surface area (Å²) in [5.74, 6) is -0.645. The number of amides is 1. The summed E-state index contributed by atoms with van der Waals surface area (Å²) in [5, 5.41) is 15.2. The molecule has 176 valence electrons. The number of carbonyl (C=O) groups is 1. The first-order chi connectivity index (χ1) is 16.2. The third-order valence-electron chi connectivity index (χ3n) is 4.27. The molecule has 34 heavy (non-hydrogen) atoms. The van der Waals surface area contributed by atoms with Gasteiger partial charge in [0.1, 0.15) is 0 Å². The Kier molecular flexibility index (Phi) is 7.41. The van der Waals surface area contributed by atoms with Crippen LogP contribution in [-0.4, -0.2) is 28.6 Å². The van der Waals surface area contributed by atoms with Gasteiger partial charge in [-0.15, -0.1) is 0 Å². The lowest BCUT2D eigenvalue weighted by atomic mass is 10.1. The zero-order chi connectivity index (χ0) is 24.7. The molecule has 0 radical (unpaired) electrons. The van der Waals surface area contributed by atoms with Crippen LogP contribution in [0.4, 0.5) is 18.9 Å². The summed E-state index contributed by atoms with van der Waals surface area (Å²) in [5.41, 5.74) is 1.13. The van der Waals surface area contributed by atoms with Crippen LogP contribution in [0.1, 0.15) is 28.4 Å². The van der Waals surface area contributed by atoms with Gasteiger partial charge in [-0.25, -0.2) is 5.43 Å². The van der Waals surface area contributed by atoms with Crippen molar-refractivity contribution >= 4 is 17.8 Å². The third kappa shape index (κ3) is 6.06. The van der Waals surface area contributed by atoms with Crippen LogP contribution < -0.4 is 14.9 Å². The highest BCUT2D eigenvalue weighted by molar-refractivity contribution is 5.94. The maximum absolute atomic E-state index is 12.9. The van der Waals surface area contributed by atoms with E-state index in [1.807, 2.05) is 0 Å². The first-order valence-corrected chi connectivity index (χ1v) is 9.72. The van der Waals surface area contributed by atoms with Crippen molar-refractivity contribution in [3.05, 3.63) is 87.7 Å². The van der Waals surface area contributed by atoms with Gasteiger partial charge in [0.2, 0.25) is 5.75 Å². The maximum atomic E-state index is 12.9. The molecule has 0 fully saturated rings. The number of hydrogen-bond donors (Lipinski definition) is 1. The van der Waals surface area contributed by atoms with Crippen LogP contribution in [0.2, 0.25) is 0 Å². The molecular weight excluding hydrogens is 457 g/mol. The fourth-order valence-corrected chi connectivity index (χ4v) is 2.73. The van der Waals surface area contributed by atoms with Crippen LogP contribution in [0.15, 0.2) is 66.0 Å². The van der Waals surface area contributed by atoms with Crippen LogP contribution in [0, 0.1) is 10.1 Å². The lowest BCUT2D eigenvalue weighted by Crippen LogP contribution is -2.17. The smallest absolute Gasteiger partial charge is 0.416 e. The molecule has 9 nitrogen and oxygen atoms in total. The first kappa shape index (κ1) is 24.2. The number of nitro groups is 1. The second-order valence-corrected chi connectivity index (χ2v) is 6.62. The Labute approximate surface area is 191 Å². The molecule has 3 rings (SSSR count). The number of nitrogens with zero attached hydrogens (tertiary/aromatic N) is 3. The van der Waals surface area contributed by atoms with Crippen LogP contribution in [-0.2, 0) is 6.18 Å². The van der Waals surface area contributed by atoms with Gasteiger partial charge in [-0.1, -0.05) is 0 Å². The maximum Gasteiger partial charge on any atom is 0.416 e. The van der Waals surface area contributed by atoms with Crippen LogP contribution in [0.5, 0.6) is 17.2 Å². The molecule has 0 unspecified atom stereocenters. The molecule has 0 aliphatic carbocycles. The number of nitro benzene ring substituents is 1. The van der Waals surface area contributed by atoms with Gasteiger partial charge in [-0.05, 0) is 55.0 Å². The van der Waals surface area contributed by atoms with Crippen molar-refractivity contribution in [2.24, 2.45) is 5.10 Å². The summed E-state index contributed by atoms with van der Waals surface area (Å²) in [6.45, 7) is 1.91. The number of carbonyl (C=O) groups excluding carboxylic acids is 1. The van der Waals surface area contributed by atoms with Gasteiger partial charge in [0.15, 0.2) is 11.5 Å². The van der Waals surface area contributed by atoms with E-state index in [4.69, 9.17) is 9.47 Å². The van der Waals surface area contributed by atoms with Crippen molar-refractivity contribution in [1.29, 1.82) is 0 Å². The predicted molar refractivity (Wildman–Crippen MR) is 115 cm³/mol. The van der Waals surface area contributed by atoms with Gasteiger partial charge < -0.3 is 9.47 Å². The van der Waals surface area contributed by atoms with E-state index in [0.29, 0.717) is 23.3 Å². The zero-order valence-electron chi connectivity index (χ0n) is 17.6. The van der Waals surface area contributed by atoms with Crippen LogP contribution in [0.3, 0.4) is 0 Å². The van der Waals surface area contributed by atoms with Crippen LogP contribution in [0.25, 0.3) is 0 Å². The second kappa shape index (κ2) is 10.4. The summed E-state index contributed by atoms with van der Waals surface area (Å²) in [4.78, 5) is 26.2. The normalized spacial score (nSPS) is 11.3. The summed E-state index contributed by atoms with van der Waals surface area (Å²) in [6, 6.07) is 9.57. The number of ether oxygens (including phenoxy) is 2. The molecule has 0 atom stereocenters. The van der Waals surface area contributed by atoms with Crippen molar-refractivity contribution in [1.82, 2.24) is 10.4 Å². The van der Waals surface area contributed by atoms with Gasteiger partial charge in [0.25, 0.3) is 5.91 Å². The Bertz CT molecular complexity index is 1220. The number of alkyl halides is 3. The lowest BCUT2D eigenvalue weighted by Gasteiger charge is -2.13. The van der Waals surface area contributed by atoms with Gasteiger partial charge in [-0.3, -0.25) is 19.9 Å². The fraction of sp³-hybridized carbons (Fsp3) is 0.136. The highest BCUT2D eigenvalue weighted by Gasteiger charge is 2.33. The number of rotatable bonds is 8. The second-order valence-electron chi connectivity index (χ2n) is 6.62. The van der Waals surface area contributed by atoms with E-state index in [1.54, 1.807) is 19.1 Å². The number of hydrogen-bond acceptors (Lipinski definition) is 7. The van der Waals surface area contributed by atoms with E-state index >= 15 is 0 Å². The number of hydrazone groups is 1. The van der Waals surface area contributed by atoms with Crippen LogP contribution >= 0.6 is 0 Å². The van der Waals surface area contributed by atoms with Crippen molar-refractivity contribution in [2.75, 3.05) is 6.61 Å². The Hall–Kier alpha value is -4.48. The van der Waals surface area contributed by atoms with E-state index in [0.717, 1.165) is 6.07 Å². The summed E-state index contributed by atoms with van der Waals surface area (Å²) >= 11 is 0. The molecule has 0 aliphatic heterocycles. The minimum absolute atomic E-state index is 0.0428. The average Bonchev–Trinajstić information content (AvgIpc) is 2.80. The molecule has 1 amide bonds. The van der Waals surface area contributed by atoms with Gasteiger partial charge >= 0.3 is 11.9 Å². The standard InChI is InChI=1S/C22H17F3N4O5/c1-2-33-20-10-14(12-27-28-21(30)15-4-3-9-26-13-15)5-7-19(20)34-18-8-6-16(22(23,24)25)11-17(18)29(31)32/h3-13H,2H2,1H3,(H,28,30)/b27-12+. The average molecular weight is 474 g/mol. The Morgan fingerprint density at radius 3 is 2.59 bits per heavy atom. The summed E-state index contributed by atoms with van der Waals surface area (Å²) in [6.07, 6.45) is -0.503. The molecule has 1 heterocycles. The van der Waals surface area contributed by atoms with Crippen molar-refractivity contribution in [3.63, 3.8) is 0 Å². The fourth-order valence-electron chi connectivity index (χ4n) is 2.73. The van der Waals surface area contributed by atoms with E-state index in [-0.39, 0.29) is 23.9 Å². The third-order valence-corrected chi connectivity index (χ3v) is 4.27. The number of pyridine rings is 1. The first-order valence-electron chi connectivity index (χ1n) is 9.72. The van der Waals surface area contributed by atoms with Crippen molar-refractivity contribution < 1.29 is 32.4 Å². The molecule has 0 aliphatic rings. The largest absolute Gasteiger partial charge is 0.490 e. The topological polar surface area (TPSA) is 116 Å². The quantitative estimate of drug-likeness (QED) is 0.280. The zero-order valence-corrected chi connectivity index (χ0v) is 17.6. The number of benzene rings is 2. The summed E-state index contributed by atoms with van der Waals surface area (Å²) in [7, 11) is 0. The Morgan fingerprint density at radius 1 is 1.18 bits per heavy atom. The SMILES string of the molecule is CCOc1cc(/C=N/NC(=O)c2cccnc2)ccc1Oc1ccc(C(F)(F)F)cc1[N+](=O)[O-]. The number of halogens is 3. The molecule has 1 N–H and O–H groups in total. The molecule has 0 saturated carbocycles. The van der Waals surface area contributed by atoms with Gasteiger partial charge in [0.05, 0.1) is 28.9 Å². The molecular formula is C22H17F3N4O5. The van der Waals surface area contributed by atoms with E-state index in [1.165, 1.54) is 36.8 Å². The predicted octanol–water partition coefficient (Wildman–Crippen LogP) is 4.96. The van der Waals surface area contributed by atoms with E-state index in [9.17, 15) is 28.1 Å². The molecule has 3 aromatic rings. The molecule has 12 heteroatoms. The molecule has 0 bridgehead atoms. The van der Waals surface area contributed by atoms with E-state index in [2.05, 4.69) is 15.5 Å². The lowest BCUT2D eigenvalue weighted by molar-refractivity contribution is -0.385. The van der Waals surface area contributed by atoms with Gasteiger partial charge in [0, 0.05) is 18.5 Å². The number of aromatic nitrogens is 1. The highest BCUT2D eigenvalue weighted by atomic mass is 19.4. The minimum Gasteiger partial charge on any atom is -0.490 e. The summed E-state index contributed by atoms with van der Waals surface area (Å²) < 4.78 is 49.8. The Morgan fingerprint density at radius 2 is 1.94 bits per heavy atom. The minimum atomic E-state index is -4.74. The van der Waals surface area contributed by atoms with Gasteiger partial charge in [-0.2, -0.15) is 18.3 Å². The molecule has 2 aromatic carbocycles. The molecule has 0 spiro atoms. The van der Waals surface area contributed by atoms with E-state index < -0.39 is 28.3 Å².